The van der Waals surface area contributed by atoms with Crippen LogP contribution in [0, 0.1) is 5.92 Å². The highest BCUT2D eigenvalue weighted by molar-refractivity contribution is 7.87. The van der Waals surface area contributed by atoms with Gasteiger partial charge in [0.05, 0.1) is 6.54 Å². The van der Waals surface area contributed by atoms with Gasteiger partial charge in [-0.05, 0) is 42.7 Å². The number of amides is 1. The van der Waals surface area contributed by atoms with Crippen LogP contribution in [-0.2, 0) is 21.5 Å². The molecule has 224 valence electrons. The predicted octanol–water partition coefficient (Wildman–Crippen LogP) is 3.13. The average molecular weight is 604 g/mol. The molecule has 1 aliphatic carbocycles. The topological polar surface area (TPSA) is 135 Å². The van der Waals surface area contributed by atoms with E-state index in [1.165, 1.54) is 41.5 Å². The van der Waals surface area contributed by atoms with Crippen LogP contribution in [0.3, 0.4) is 0 Å². The minimum Gasteiger partial charge on any atom is -0.379 e. The SMILES string of the molecule is O=C(C1CCCCC1)N1CCN(c2cc(=O)[nH]c(=O)n2Cc2ccc(OS(=O)(=O)c3cccc4cnccc34)cc2)CC1. The molecule has 2 fully saturated rings. The third kappa shape index (κ3) is 6.19. The number of rotatable bonds is 7. The molecular formula is C31H33N5O6S. The molecule has 0 unspecified atom stereocenters. The number of aromatic amines is 1. The number of carbonyl (C=O) groups excluding carboxylic acids is 1. The molecule has 1 aliphatic heterocycles. The summed E-state index contributed by atoms with van der Waals surface area (Å²) in [5.41, 5.74) is -0.325. The second kappa shape index (κ2) is 12.0. The average Bonchev–Trinajstić information content (AvgIpc) is 3.03. The van der Waals surface area contributed by atoms with Crippen molar-refractivity contribution >= 4 is 32.6 Å². The molecule has 3 heterocycles. The van der Waals surface area contributed by atoms with Crippen molar-refractivity contribution in [3.63, 3.8) is 0 Å². The Hall–Kier alpha value is -4.45. The number of carbonyl (C=O) groups is 1. The van der Waals surface area contributed by atoms with Gasteiger partial charge in [0.25, 0.3) is 5.56 Å². The van der Waals surface area contributed by atoms with Crippen LogP contribution >= 0.6 is 0 Å². The van der Waals surface area contributed by atoms with E-state index in [1.807, 2.05) is 9.80 Å². The number of piperazine rings is 1. The lowest BCUT2D eigenvalue weighted by Gasteiger charge is -2.38. The summed E-state index contributed by atoms with van der Waals surface area (Å²) in [5, 5.41) is 1.19. The Labute approximate surface area is 248 Å². The summed E-state index contributed by atoms with van der Waals surface area (Å²) in [6, 6.07) is 14.4. The second-order valence-corrected chi connectivity index (χ2v) is 12.6. The number of benzene rings is 2. The molecule has 0 spiro atoms. The smallest absolute Gasteiger partial charge is 0.339 e. The molecule has 1 amide bonds. The zero-order valence-electron chi connectivity index (χ0n) is 23.6. The van der Waals surface area contributed by atoms with Crippen molar-refractivity contribution in [2.45, 2.75) is 43.5 Å². The van der Waals surface area contributed by atoms with Crippen molar-refractivity contribution in [3.8, 4) is 5.75 Å². The lowest BCUT2D eigenvalue weighted by atomic mass is 9.88. The summed E-state index contributed by atoms with van der Waals surface area (Å²) in [7, 11) is -4.12. The molecule has 1 N–H and O–H groups in total. The molecule has 1 saturated heterocycles. The molecule has 1 saturated carbocycles. The highest BCUT2D eigenvalue weighted by atomic mass is 32.2. The summed E-state index contributed by atoms with van der Waals surface area (Å²) in [6.07, 6.45) is 8.40. The molecule has 0 radical (unpaired) electrons. The van der Waals surface area contributed by atoms with Gasteiger partial charge in [-0.1, -0.05) is 43.5 Å². The molecule has 2 aromatic heterocycles. The van der Waals surface area contributed by atoms with Gasteiger partial charge in [-0.2, -0.15) is 8.42 Å². The van der Waals surface area contributed by atoms with E-state index >= 15 is 0 Å². The van der Waals surface area contributed by atoms with Crippen LogP contribution in [0.15, 0.2) is 81.5 Å². The van der Waals surface area contributed by atoms with Gasteiger partial charge in [0.15, 0.2) is 0 Å². The van der Waals surface area contributed by atoms with Gasteiger partial charge in [0.2, 0.25) is 5.91 Å². The van der Waals surface area contributed by atoms with Gasteiger partial charge in [0.1, 0.15) is 16.5 Å². The zero-order chi connectivity index (χ0) is 30.0. The molecule has 12 heteroatoms. The molecular weight excluding hydrogens is 570 g/mol. The Balaban J connectivity index is 1.16. The van der Waals surface area contributed by atoms with E-state index in [9.17, 15) is 22.8 Å². The van der Waals surface area contributed by atoms with Crippen molar-refractivity contribution < 1.29 is 17.4 Å². The van der Waals surface area contributed by atoms with Gasteiger partial charge in [0, 0.05) is 61.3 Å². The van der Waals surface area contributed by atoms with Crippen LogP contribution in [0.25, 0.3) is 10.8 Å². The number of H-pyrrole nitrogens is 1. The normalized spacial score (nSPS) is 16.4. The molecule has 0 atom stereocenters. The maximum Gasteiger partial charge on any atom is 0.339 e. The van der Waals surface area contributed by atoms with Crippen LogP contribution in [-0.4, -0.2) is 59.9 Å². The highest BCUT2D eigenvalue weighted by Gasteiger charge is 2.29. The van der Waals surface area contributed by atoms with E-state index in [0.29, 0.717) is 48.3 Å². The first-order valence-electron chi connectivity index (χ1n) is 14.5. The zero-order valence-corrected chi connectivity index (χ0v) is 24.5. The lowest BCUT2D eigenvalue weighted by Crippen LogP contribution is -2.52. The standard InChI is InChI=1S/C31H33N5O6S/c37-28-19-29(34-15-17-35(18-16-34)30(38)23-5-2-1-3-6-23)36(31(39)33-28)21-22-9-11-25(12-10-22)42-43(40,41)27-8-4-7-24-20-32-14-13-26(24)27/h4,7-14,19-20,23H,1-3,5-6,15-18,21H2,(H,33,37,39). The lowest BCUT2D eigenvalue weighted by molar-refractivity contribution is -0.136. The van der Waals surface area contributed by atoms with E-state index in [4.69, 9.17) is 4.18 Å². The summed E-state index contributed by atoms with van der Waals surface area (Å²) >= 11 is 0. The van der Waals surface area contributed by atoms with Gasteiger partial charge in [-0.25, -0.2) is 4.79 Å². The maximum absolute atomic E-state index is 13.1. The quantitative estimate of drug-likeness (QED) is 0.319. The third-order valence-electron chi connectivity index (χ3n) is 8.26. The summed E-state index contributed by atoms with van der Waals surface area (Å²) < 4.78 is 33.1. The Morgan fingerprint density at radius 1 is 0.953 bits per heavy atom. The number of anilines is 1. The van der Waals surface area contributed by atoms with Crippen molar-refractivity contribution in [1.82, 2.24) is 19.4 Å². The van der Waals surface area contributed by atoms with Crippen LogP contribution < -0.4 is 20.3 Å². The molecule has 11 nitrogen and oxygen atoms in total. The minimum absolute atomic E-state index is 0.0430. The Kier molecular flexibility index (Phi) is 8.02. The minimum atomic E-state index is -4.12. The van der Waals surface area contributed by atoms with Gasteiger partial charge >= 0.3 is 15.8 Å². The summed E-state index contributed by atoms with van der Waals surface area (Å²) in [5.74, 6) is 0.920. The predicted molar refractivity (Wildman–Crippen MR) is 162 cm³/mol. The number of fused-ring (bicyclic) bond motifs is 1. The van der Waals surface area contributed by atoms with Crippen LogP contribution in [0.4, 0.5) is 5.82 Å². The number of nitrogens with one attached hydrogen (secondary N) is 1. The maximum atomic E-state index is 13.1. The molecule has 43 heavy (non-hydrogen) atoms. The van der Waals surface area contributed by atoms with Crippen LogP contribution in [0.2, 0.25) is 0 Å². The largest absolute Gasteiger partial charge is 0.379 e. The Bertz CT molecular complexity index is 1850. The van der Waals surface area contributed by atoms with E-state index in [-0.39, 0.29) is 29.0 Å². The molecule has 2 aliphatic rings. The van der Waals surface area contributed by atoms with Crippen molar-refractivity contribution in [3.05, 3.63) is 93.4 Å². The van der Waals surface area contributed by atoms with Gasteiger partial charge in [-0.15, -0.1) is 0 Å². The van der Waals surface area contributed by atoms with E-state index in [2.05, 4.69) is 9.97 Å². The number of hydrogen-bond acceptors (Lipinski definition) is 8. The van der Waals surface area contributed by atoms with E-state index < -0.39 is 21.4 Å². The molecule has 0 bridgehead atoms. The number of nitrogens with zero attached hydrogens (tertiary/aromatic N) is 4. The number of aromatic nitrogens is 3. The van der Waals surface area contributed by atoms with Crippen LogP contribution in [0.1, 0.15) is 37.7 Å². The molecule has 6 rings (SSSR count). The monoisotopic (exact) mass is 603 g/mol. The van der Waals surface area contributed by atoms with Crippen molar-refractivity contribution in [2.75, 3.05) is 31.1 Å². The van der Waals surface area contributed by atoms with Crippen LogP contribution in [0.5, 0.6) is 5.75 Å². The first-order valence-corrected chi connectivity index (χ1v) is 15.9. The Morgan fingerprint density at radius 2 is 1.70 bits per heavy atom. The fraction of sp³-hybridized carbons (Fsp3) is 0.355. The van der Waals surface area contributed by atoms with E-state index in [0.717, 1.165) is 25.7 Å². The second-order valence-electron chi connectivity index (χ2n) is 11.1. The fourth-order valence-electron chi connectivity index (χ4n) is 6.00. The number of pyridine rings is 1. The van der Waals surface area contributed by atoms with Gasteiger partial charge in [-0.3, -0.25) is 24.1 Å². The van der Waals surface area contributed by atoms with E-state index in [1.54, 1.807) is 36.5 Å². The Morgan fingerprint density at radius 3 is 2.44 bits per heavy atom. The first-order chi connectivity index (χ1) is 20.8. The van der Waals surface area contributed by atoms with Crippen molar-refractivity contribution in [2.24, 2.45) is 5.92 Å². The molecule has 4 aromatic rings. The molecule has 2 aromatic carbocycles. The fourth-order valence-corrected chi connectivity index (χ4v) is 7.16. The highest BCUT2D eigenvalue weighted by Crippen LogP contribution is 2.28. The summed E-state index contributed by atoms with van der Waals surface area (Å²) in [6.45, 7) is 2.23. The van der Waals surface area contributed by atoms with Crippen molar-refractivity contribution in [1.29, 1.82) is 0 Å². The number of hydrogen-bond donors (Lipinski definition) is 1. The van der Waals surface area contributed by atoms with Gasteiger partial charge < -0.3 is 14.0 Å². The third-order valence-corrected chi connectivity index (χ3v) is 9.57. The first kappa shape index (κ1) is 28.7. The summed E-state index contributed by atoms with van der Waals surface area (Å²) in [4.78, 5) is 48.5.